The molecular formula is C15H20O4. The summed E-state index contributed by atoms with van der Waals surface area (Å²) < 4.78 is 10.7. The quantitative estimate of drug-likeness (QED) is 0.634. The highest BCUT2D eigenvalue weighted by molar-refractivity contribution is 5.79. The standard InChI is InChI=1S/C15H20O4/c1-5-7-11-10-12(16)8-9-13(11)19-15(3,4)14(17)18-6-2/h5,8-10,16H,1,6-7H2,2-4H3. The molecule has 0 radical (unpaired) electrons. The van der Waals surface area contributed by atoms with E-state index < -0.39 is 11.6 Å². The monoisotopic (exact) mass is 264 g/mol. The largest absolute Gasteiger partial charge is 0.508 e. The smallest absolute Gasteiger partial charge is 0.349 e. The summed E-state index contributed by atoms with van der Waals surface area (Å²) >= 11 is 0. The molecule has 1 N–H and O–H groups in total. The molecule has 0 unspecified atom stereocenters. The molecule has 0 heterocycles. The van der Waals surface area contributed by atoms with E-state index in [0.717, 1.165) is 5.56 Å². The third-order valence-corrected chi connectivity index (χ3v) is 2.54. The van der Waals surface area contributed by atoms with Gasteiger partial charge in [0, 0.05) is 5.56 Å². The summed E-state index contributed by atoms with van der Waals surface area (Å²) in [5, 5.41) is 9.47. The molecule has 104 valence electrons. The van der Waals surface area contributed by atoms with Gasteiger partial charge >= 0.3 is 5.97 Å². The lowest BCUT2D eigenvalue weighted by Gasteiger charge is -2.25. The molecule has 0 aliphatic carbocycles. The van der Waals surface area contributed by atoms with E-state index in [1.54, 1.807) is 39.0 Å². The SMILES string of the molecule is C=CCc1cc(O)ccc1OC(C)(C)C(=O)OCC. The minimum absolute atomic E-state index is 0.151. The molecule has 0 amide bonds. The normalized spacial score (nSPS) is 10.9. The molecule has 0 fully saturated rings. The Balaban J connectivity index is 2.97. The van der Waals surface area contributed by atoms with Crippen LogP contribution in [0.15, 0.2) is 30.9 Å². The van der Waals surface area contributed by atoms with Crippen molar-refractivity contribution in [3.63, 3.8) is 0 Å². The van der Waals surface area contributed by atoms with Crippen LogP contribution in [-0.2, 0) is 16.0 Å². The fourth-order valence-corrected chi connectivity index (χ4v) is 1.60. The Kier molecular flexibility index (Phi) is 4.98. The van der Waals surface area contributed by atoms with Gasteiger partial charge in [-0.25, -0.2) is 4.79 Å². The first-order valence-electron chi connectivity index (χ1n) is 6.19. The van der Waals surface area contributed by atoms with E-state index >= 15 is 0 Å². The van der Waals surface area contributed by atoms with Crippen LogP contribution in [0.3, 0.4) is 0 Å². The number of benzene rings is 1. The van der Waals surface area contributed by atoms with Crippen LogP contribution in [0, 0.1) is 0 Å². The fourth-order valence-electron chi connectivity index (χ4n) is 1.60. The van der Waals surface area contributed by atoms with Gasteiger partial charge in [0.15, 0.2) is 5.60 Å². The van der Waals surface area contributed by atoms with E-state index in [4.69, 9.17) is 9.47 Å². The van der Waals surface area contributed by atoms with E-state index in [0.29, 0.717) is 18.8 Å². The second kappa shape index (κ2) is 6.27. The summed E-state index contributed by atoms with van der Waals surface area (Å²) in [6.45, 7) is 9.01. The number of carbonyl (C=O) groups excluding carboxylic acids is 1. The zero-order valence-electron chi connectivity index (χ0n) is 11.6. The third-order valence-electron chi connectivity index (χ3n) is 2.54. The van der Waals surface area contributed by atoms with Crippen molar-refractivity contribution < 1.29 is 19.4 Å². The Bertz CT molecular complexity index is 463. The average molecular weight is 264 g/mol. The van der Waals surface area contributed by atoms with Crippen molar-refractivity contribution >= 4 is 5.97 Å². The van der Waals surface area contributed by atoms with Crippen LogP contribution in [0.1, 0.15) is 26.3 Å². The van der Waals surface area contributed by atoms with Crippen molar-refractivity contribution in [3.05, 3.63) is 36.4 Å². The number of hydrogen-bond donors (Lipinski definition) is 1. The van der Waals surface area contributed by atoms with Gasteiger partial charge in [0.25, 0.3) is 0 Å². The summed E-state index contributed by atoms with van der Waals surface area (Å²) in [5.41, 5.74) is -0.310. The summed E-state index contributed by atoms with van der Waals surface area (Å²) in [5.74, 6) is 0.265. The maximum atomic E-state index is 11.8. The molecule has 0 aromatic heterocycles. The summed E-state index contributed by atoms with van der Waals surface area (Å²) in [4.78, 5) is 11.8. The maximum absolute atomic E-state index is 11.8. The number of rotatable bonds is 6. The number of aromatic hydroxyl groups is 1. The number of hydrogen-bond acceptors (Lipinski definition) is 4. The number of phenolic OH excluding ortho intramolecular Hbond substituents is 1. The molecule has 4 heteroatoms. The van der Waals surface area contributed by atoms with Crippen molar-refractivity contribution in [1.29, 1.82) is 0 Å². The van der Waals surface area contributed by atoms with E-state index in [-0.39, 0.29) is 5.75 Å². The van der Waals surface area contributed by atoms with Crippen molar-refractivity contribution in [2.45, 2.75) is 32.8 Å². The second-order valence-corrected chi connectivity index (χ2v) is 4.62. The molecule has 1 rings (SSSR count). The number of ether oxygens (including phenoxy) is 2. The molecule has 1 aromatic rings. The molecule has 0 saturated carbocycles. The van der Waals surface area contributed by atoms with Crippen molar-refractivity contribution in [1.82, 2.24) is 0 Å². The van der Waals surface area contributed by atoms with E-state index in [1.165, 1.54) is 6.07 Å². The molecule has 4 nitrogen and oxygen atoms in total. The van der Waals surface area contributed by atoms with Gasteiger partial charge in [0.05, 0.1) is 6.61 Å². The van der Waals surface area contributed by atoms with Gasteiger partial charge in [0.2, 0.25) is 0 Å². The molecule has 0 aliphatic rings. The van der Waals surface area contributed by atoms with E-state index in [1.807, 2.05) is 0 Å². The van der Waals surface area contributed by atoms with Gasteiger partial charge in [-0.1, -0.05) is 6.08 Å². The van der Waals surface area contributed by atoms with Gasteiger partial charge in [-0.3, -0.25) is 0 Å². The molecule has 19 heavy (non-hydrogen) atoms. The first-order valence-corrected chi connectivity index (χ1v) is 6.19. The zero-order valence-corrected chi connectivity index (χ0v) is 11.6. The van der Waals surface area contributed by atoms with E-state index in [9.17, 15) is 9.90 Å². The highest BCUT2D eigenvalue weighted by Crippen LogP contribution is 2.28. The fraction of sp³-hybridized carbons (Fsp3) is 0.400. The van der Waals surface area contributed by atoms with E-state index in [2.05, 4.69) is 6.58 Å². The Labute approximate surface area is 113 Å². The third kappa shape index (κ3) is 4.02. The highest BCUT2D eigenvalue weighted by atomic mass is 16.6. The predicted molar refractivity (Wildman–Crippen MR) is 73.3 cm³/mol. The molecule has 0 spiro atoms. The van der Waals surface area contributed by atoms with Gasteiger partial charge in [-0.05, 0) is 45.4 Å². The molecule has 0 bridgehead atoms. The minimum atomic E-state index is -1.08. The molecular weight excluding hydrogens is 244 g/mol. The number of allylic oxidation sites excluding steroid dienone is 1. The number of carbonyl (C=O) groups is 1. The maximum Gasteiger partial charge on any atom is 0.349 e. The molecule has 1 aromatic carbocycles. The van der Waals surface area contributed by atoms with Crippen LogP contribution in [0.5, 0.6) is 11.5 Å². The van der Waals surface area contributed by atoms with Gasteiger partial charge in [0.1, 0.15) is 11.5 Å². The topological polar surface area (TPSA) is 55.8 Å². The highest BCUT2D eigenvalue weighted by Gasteiger charge is 2.32. The Hall–Kier alpha value is -1.97. The Morgan fingerprint density at radius 1 is 1.47 bits per heavy atom. The summed E-state index contributed by atoms with van der Waals surface area (Å²) in [7, 11) is 0. The lowest BCUT2D eigenvalue weighted by atomic mass is 10.1. The lowest BCUT2D eigenvalue weighted by molar-refractivity contribution is -0.158. The predicted octanol–water partition coefficient (Wildman–Crippen LogP) is 2.84. The number of phenols is 1. The van der Waals surface area contributed by atoms with Gasteiger partial charge < -0.3 is 14.6 Å². The van der Waals surface area contributed by atoms with Crippen molar-refractivity contribution in [3.8, 4) is 11.5 Å². The second-order valence-electron chi connectivity index (χ2n) is 4.62. The van der Waals surface area contributed by atoms with Gasteiger partial charge in [-0.15, -0.1) is 6.58 Å². The van der Waals surface area contributed by atoms with Crippen molar-refractivity contribution in [2.75, 3.05) is 6.61 Å². The van der Waals surface area contributed by atoms with Crippen molar-refractivity contribution in [2.24, 2.45) is 0 Å². The first kappa shape index (κ1) is 15.1. The molecule has 0 atom stereocenters. The zero-order chi connectivity index (χ0) is 14.5. The van der Waals surface area contributed by atoms with Crippen LogP contribution in [0.25, 0.3) is 0 Å². The number of esters is 1. The Morgan fingerprint density at radius 3 is 2.74 bits per heavy atom. The lowest BCUT2D eigenvalue weighted by Crippen LogP contribution is -2.40. The molecule has 0 saturated heterocycles. The van der Waals surface area contributed by atoms with Crippen LogP contribution >= 0.6 is 0 Å². The summed E-state index contributed by atoms with van der Waals surface area (Å²) in [6, 6.07) is 4.75. The Morgan fingerprint density at radius 2 is 2.16 bits per heavy atom. The minimum Gasteiger partial charge on any atom is -0.508 e. The van der Waals surface area contributed by atoms with Crippen LogP contribution in [-0.4, -0.2) is 23.3 Å². The van der Waals surface area contributed by atoms with Gasteiger partial charge in [-0.2, -0.15) is 0 Å². The average Bonchev–Trinajstić information content (AvgIpc) is 2.33. The molecule has 0 aliphatic heterocycles. The van der Waals surface area contributed by atoms with Crippen LogP contribution in [0.4, 0.5) is 0 Å². The first-order chi connectivity index (χ1) is 8.90. The van der Waals surface area contributed by atoms with Crippen LogP contribution < -0.4 is 4.74 Å². The summed E-state index contributed by atoms with van der Waals surface area (Å²) in [6.07, 6.45) is 2.25. The van der Waals surface area contributed by atoms with Crippen LogP contribution in [0.2, 0.25) is 0 Å².